The summed E-state index contributed by atoms with van der Waals surface area (Å²) in [6.07, 6.45) is -0.190. The van der Waals surface area contributed by atoms with Crippen molar-refractivity contribution in [2.24, 2.45) is 0 Å². The van der Waals surface area contributed by atoms with Crippen LogP contribution in [0.1, 0.15) is 6.92 Å². The number of hydrogen-bond acceptors (Lipinski definition) is 2. The Balaban J connectivity index is 2.29. The maximum absolute atomic E-state index is 11.2. The topological polar surface area (TPSA) is 34.0 Å². The highest BCUT2D eigenvalue weighted by Gasteiger charge is 2.19. The van der Waals surface area contributed by atoms with Crippen LogP contribution >= 0.6 is 0 Å². The third-order valence-electron chi connectivity index (χ3n) is 2.00. The van der Waals surface area contributed by atoms with Gasteiger partial charge in [0.05, 0.1) is 32.8 Å². The van der Waals surface area contributed by atoms with Gasteiger partial charge in [0.1, 0.15) is 0 Å². The molecule has 1 fully saturated rings. The van der Waals surface area contributed by atoms with Gasteiger partial charge in [-0.3, -0.25) is 4.90 Å². The van der Waals surface area contributed by atoms with Crippen LogP contribution in [0, 0.1) is 7.05 Å². The smallest absolute Gasteiger partial charge is 0.410 e. The minimum absolute atomic E-state index is 0.190. The summed E-state index contributed by atoms with van der Waals surface area (Å²) in [5.74, 6) is 0. The fourth-order valence-corrected chi connectivity index (χ4v) is 1.22. The van der Waals surface area contributed by atoms with Gasteiger partial charge >= 0.3 is 6.09 Å². The van der Waals surface area contributed by atoms with E-state index >= 15 is 0 Å². The summed E-state index contributed by atoms with van der Waals surface area (Å²) in [6, 6.07) is 0. The van der Waals surface area contributed by atoms with Crippen LogP contribution in [0.15, 0.2) is 0 Å². The van der Waals surface area contributed by atoms with Crippen LogP contribution in [0.4, 0.5) is 4.79 Å². The number of carbonyl (C=O) groups is 1. The van der Waals surface area contributed by atoms with E-state index in [0.717, 1.165) is 26.2 Å². The SMILES string of the molecule is [CH2-][NH+]1CCN(C(=O)OCC)CC1. The Morgan fingerprint density at radius 2 is 2.17 bits per heavy atom. The van der Waals surface area contributed by atoms with Crippen molar-refractivity contribution in [1.82, 2.24) is 4.90 Å². The van der Waals surface area contributed by atoms with Crippen molar-refractivity contribution >= 4 is 6.09 Å². The predicted molar refractivity (Wildman–Crippen MR) is 44.6 cm³/mol. The first-order chi connectivity index (χ1) is 5.74. The van der Waals surface area contributed by atoms with Crippen LogP contribution in [-0.2, 0) is 4.74 Å². The molecule has 0 atom stereocenters. The molecule has 0 aromatic carbocycles. The molecule has 1 heterocycles. The second kappa shape index (κ2) is 4.30. The minimum atomic E-state index is -0.190. The Labute approximate surface area is 73.1 Å². The number of nitrogens with one attached hydrogen (secondary N) is 1. The second-order valence-corrected chi connectivity index (χ2v) is 2.94. The highest BCUT2D eigenvalue weighted by Crippen LogP contribution is 1.93. The fraction of sp³-hybridized carbons (Fsp3) is 0.750. The van der Waals surface area contributed by atoms with Crippen molar-refractivity contribution < 1.29 is 14.4 Å². The number of quaternary nitrogens is 1. The van der Waals surface area contributed by atoms with Gasteiger partial charge in [-0.15, -0.1) is 0 Å². The van der Waals surface area contributed by atoms with E-state index < -0.39 is 0 Å². The van der Waals surface area contributed by atoms with Gasteiger partial charge in [-0.1, -0.05) is 0 Å². The standard InChI is InChI=1S/C8H16N2O2/c1-3-12-8(11)10-6-4-9(2)5-7-10/h9H,2-7H2,1H3. The van der Waals surface area contributed by atoms with Crippen molar-refractivity contribution in [1.29, 1.82) is 0 Å². The zero-order valence-corrected chi connectivity index (χ0v) is 7.51. The summed E-state index contributed by atoms with van der Waals surface area (Å²) < 4.78 is 4.87. The van der Waals surface area contributed by atoms with Gasteiger partial charge in [0, 0.05) is 0 Å². The van der Waals surface area contributed by atoms with E-state index in [9.17, 15) is 4.79 Å². The van der Waals surface area contributed by atoms with E-state index in [4.69, 9.17) is 4.74 Å². The quantitative estimate of drug-likeness (QED) is 0.522. The average molecular weight is 172 g/mol. The van der Waals surface area contributed by atoms with Crippen LogP contribution in [0.3, 0.4) is 0 Å². The number of nitrogens with zero attached hydrogens (tertiary/aromatic N) is 1. The number of ether oxygens (including phenoxy) is 1. The molecule has 1 saturated heterocycles. The molecule has 4 nitrogen and oxygen atoms in total. The molecule has 0 radical (unpaired) electrons. The number of rotatable bonds is 1. The number of piperazine rings is 1. The van der Waals surface area contributed by atoms with E-state index in [-0.39, 0.29) is 6.09 Å². The lowest BCUT2D eigenvalue weighted by Gasteiger charge is -2.32. The van der Waals surface area contributed by atoms with Crippen molar-refractivity contribution in [3.8, 4) is 0 Å². The number of hydrogen-bond donors (Lipinski definition) is 1. The van der Waals surface area contributed by atoms with Gasteiger partial charge in [0.2, 0.25) is 0 Å². The summed E-state index contributed by atoms with van der Waals surface area (Å²) >= 11 is 0. The summed E-state index contributed by atoms with van der Waals surface area (Å²) in [5, 5.41) is 0. The van der Waals surface area contributed by atoms with E-state index in [1.807, 2.05) is 6.92 Å². The van der Waals surface area contributed by atoms with E-state index in [1.54, 1.807) is 4.90 Å². The predicted octanol–water partition coefficient (Wildman–Crippen LogP) is -0.865. The summed E-state index contributed by atoms with van der Waals surface area (Å²) in [7, 11) is 3.88. The first-order valence-electron chi connectivity index (χ1n) is 4.32. The molecular formula is C8H16N2O2. The molecule has 1 aliphatic rings. The monoisotopic (exact) mass is 172 g/mol. The first kappa shape index (κ1) is 9.32. The molecular weight excluding hydrogens is 156 g/mol. The molecule has 0 bridgehead atoms. The van der Waals surface area contributed by atoms with Crippen LogP contribution < -0.4 is 4.90 Å². The molecule has 12 heavy (non-hydrogen) atoms. The molecule has 4 heteroatoms. The molecule has 0 aromatic rings. The molecule has 70 valence electrons. The number of amides is 1. The van der Waals surface area contributed by atoms with E-state index in [0.29, 0.717) is 6.61 Å². The lowest BCUT2D eigenvalue weighted by Crippen LogP contribution is -3.10. The fourth-order valence-electron chi connectivity index (χ4n) is 1.22. The highest BCUT2D eigenvalue weighted by molar-refractivity contribution is 5.67. The third-order valence-corrected chi connectivity index (χ3v) is 2.00. The molecule has 0 aromatic heterocycles. The Hall–Kier alpha value is -0.770. The molecule has 1 rings (SSSR count). The third kappa shape index (κ3) is 2.37. The Morgan fingerprint density at radius 3 is 2.67 bits per heavy atom. The molecule has 0 aliphatic carbocycles. The van der Waals surface area contributed by atoms with Crippen LogP contribution in [0.2, 0.25) is 0 Å². The zero-order chi connectivity index (χ0) is 8.97. The lowest BCUT2D eigenvalue weighted by atomic mass is 10.3. The Morgan fingerprint density at radius 1 is 1.58 bits per heavy atom. The van der Waals surface area contributed by atoms with Crippen LogP contribution in [0.25, 0.3) is 0 Å². The number of carbonyl (C=O) groups excluding carboxylic acids is 1. The van der Waals surface area contributed by atoms with Crippen LogP contribution in [0.5, 0.6) is 0 Å². The molecule has 1 aliphatic heterocycles. The van der Waals surface area contributed by atoms with Gasteiger partial charge in [-0.2, -0.15) is 7.05 Å². The van der Waals surface area contributed by atoms with Gasteiger partial charge < -0.3 is 9.64 Å². The first-order valence-corrected chi connectivity index (χ1v) is 4.32. The average Bonchev–Trinajstić information content (AvgIpc) is 2.06. The molecule has 1 amide bonds. The molecule has 0 spiro atoms. The van der Waals surface area contributed by atoms with E-state index in [1.165, 1.54) is 4.90 Å². The minimum Gasteiger partial charge on any atom is -0.465 e. The van der Waals surface area contributed by atoms with Gasteiger partial charge in [0.25, 0.3) is 0 Å². The van der Waals surface area contributed by atoms with Gasteiger partial charge in [0.15, 0.2) is 0 Å². The molecule has 0 saturated carbocycles. The van der Waals surface area contributed by atoms with Crippen molar-refractivity contribution in [2.75, 3.05) is 32.8 Å². The molecule has 0 unspecified atom stereocenters. The Bertz CT molecular complexity index is 153. The lowest BCUT2D eigenvalue weighted by molar-refractivity contribution is -0.858. The molecule has 1 N–H and O–H groups in total. The summed E-state index contributed by atoms with van der Waals surface area (Å²) in [6.45, 7) is 5.63. The van der Waals surface area contributed by atoms with Crippen molar-refractivity contribution in [3.63, 3.8) is 0 Å². The zero-order valence-electron chi connectivity index (χ0n) is 7.51. The normalized spacial score (nSPS) is 19.3. The summed E-state index contributed by atoms with van der Waals surface area (Å²) in [5.41, 5.74) is 0. The summed E-state index contributed by atoms with van der Waals surface area (Å²) in [4.78, 5) is 14.1. The van der Waals surface area contributed by atoms with Crippen LogP contribution in [-0.4, -0.2) is 43.8 Å². The van der Waals surface area contributed by atoms with Crippen molar-refractivity contribution in [2.45, 2.75) is 6.92 Å². The van der Waals surface area contributed by atoms with E-state index in [2.05, 4.69) is 7.05 Å². The van der Waals surface area contributed by atoms with Gasteiger partial charge in [-0.05, 0) is 6.92 Å². The van der Waals surface area contributed by atoms with Gasteiger partial charge in [-0.25, -0.2) is 4.79 Å². The van der Waals surface area contributed by atoms with Crippen molar-refractivity contribution in [3.05, 3.63) is 7.05 Å². The largest absolute Gasteiger partial charge is 0.465 e. The Kier molecular flexibility index (Phi) is 3.34. The highest BCUT2D eigenvalue weighted by atomic mass is 16.6. The maximum atomic E-state index is 11.2. The maximum Gasteiger partial charge on any atom is 0.410 e. The second-order valence-electron chi connectivity index (χ2n) is 2.94.